The first kappa shape index (κ1) is 17.4. The second-order valence-corrected chi connectivity index (χ2v) is 9.37. The molecule has 6 heteroatoms. The van der Waals surface area contributed by atoms with Gasteiger partial charge in [0.2, 0.25) is 5.91 Å². The molecule has 2 aliphatic rings. The van der Waals surface area contributed by atoms with Crippen molar-refractivity contribution in [2.45, 2.75) is 48.8 Å². The van der Waals surface area contributed by atoms with Crippen LogP contribution in [-0.2, 0) is 14.6 Å². The number of amides is 1. The zero-order chi connectivity index (χ0) is 17.2. The van der Waals surface area contributed by atoms with Gasteiger partial charge in [-0.1, -0.05) is 36.8 Å². The van der Waals surface area contributed by atoms with Crippen LogP contribution in [0.5, 0.6) is 0 Å². The van der Waals surface area contributed by atoms with E-state index in [2.05, 4.69) is 22.8 Å². The minimum Gasteiger partial charge on any atom is -0.351 e. The lowest BCUT2D eigenvalue weighted by Crippen LogP contribution is -2.59. The van der Waals surface area contributed by atoms with Gasteiger partial charge in [0, 0.05) is 18.2 Å². The monoisotopic (exact) mass is 350 g/mol. The first-order chi connectivity index (χ1) is 11.4. The predicted octanol–water partition coefficient (Wildman–Crippen LogP) is 1.61. The van der Waals surface area contributed by atoms with Crippen molar-refractivity contribution in [3.8, 4) is 0 Å². The average molecular weight is 350 g/mol. The summed E-state index contributed by atoms with van der Waals surface area (Å²) in [5.41, 5.74) is 1.22. The molecule has 0 radical (unpaired) electrons. The molecular formula is C18H26N2O3S. The van der Waals surface area contributed by atoms with Gasteiger partial charge in [0.05, 0.1) is 0 Å². The summed E-state index contributed by atoms with van der Waals surface area (Å²) in [5, 5.41) is 6.25. The van der Waals surface area contributed by atoms with Crippen molar-refractivity contribution in [2.75, 3.05) is 19.3 Å². The van der Waals surface area contributed by atoms with Crippen LogP contribution in [0.2, 0.25) is 0 Å². The van der Waals surface area contributed by atoms with Gasteiger partial charge in [0.25, 0.3) is 0 Å². The van der Waals surface area contributed by atoms with Crippen molar-refractivity contribution in [1.82, 2.24) is 10.6 Å². The molecule has 1 heterocycles. The molecule has 1 aromatic carbocycles. The average Bonchev–Trinajstić information content (AvgIpc) is 3.03. The minimum atomic E-state index is -3.46. The minimum absolute atomic E-state index is 0.0217. The Labute approximate surface area is 144 Å². The highest BCUT2D eigenvalue weighted by Crippen LogP contribution is 2.36. The molecule has 2 N–H and O–H groups in total. The first-order valence-electron chi connectivity index (χ1n) is 8.70. The molecule has 0 aromatic heterocycles. The van der Waals surface area contributed by atoms with E-state index in [-0.39, 0.29) is 17.9 Å². The number of sulfone groups is 1. The van der Waals surface area contributed by atoms with Gasteiger partial charge in [0.1, 0.15) is 0 Å². The van der Waals surface area contributed by atoms with Crippen molar-refractivity contribution in [2.24, 2.45) is 0 Å². The second kappa shape index (κ2) is 6.84. The van der Waals surface area contributed by atoms with Crippen LogP contribution in [0.3, 0.4) is 0 Å². The van der Waals surface area contributed by atoms with Gasteiger partial charge in [-0.25, -0.2) is 8.42 Å². The summed E-state index contributed by atoms with van der Waals surface area (Å²) in [7, 11) is -3.46. The fraction of sp³-hybridized carbons (Fsp3) is 0.611. The molecule has 5 nitrogen and oxygen atoms in total. The molecule has 2 atom stereocenters. The Morgan fingerprint density at radius 1 is 1.17 bits per heavy atom. The largest absolute Gasteiger partial charge is 0.351 e. The molecule has 0 bridgehead atoms. The highest BCUT2D eigenvalue weighted by molar-refractivity contribution is 7.92. The Morgan fingerprint density at radius 3 is 2.46 bits per heavy atom. The van der Waals surface area contributed by atoms with Crippen molar-refractivity contribution < 1.29 is 13.2 Å². The van der Waals surface area contributed by atoms with E-state index in [0.717, 1.165) is 19.3 Å². The van der Waals surface area contributed by atoms with E-state index in [0.29, 0.717) is 25.9 Å². The van der Waals surface area contributed by atoms with Crippen LogP contribution in [-0.4, -0.2) is 44.5 Å². The van der Waals surface area contributed by atoms with Gasteiger partial charge in [-0.05, 0) is 44.3 Å². The Balaban J connectivity index is 1.80. The van der Waals surface area contributed by atoms with E-state index >= 15 is 0 Å². The van der Waals surface area contributed by atoms with Crippen molar-refractivity contribution in [3.05, 3.63) is 35.9 Å². The normalized spacial score (nSPS) is 26.9. The third kappa shape index (κ3) is 3.22. The zero-order valence-corrected chi connectivity index (χ0v) is 14.9. The Hall–Kier alpha value is -1.40. The quantitative estimate of drug-likeness (QED) is 0.865. The number of carbonyl (C=O) groups excluding carboxylic acids is 1. The predicted molar refractivity (Wildman–Crippen MR) is 94.6 cm³/mol. The summed E-state index contributed by atoms with van der Waals surface area (Å²) in [6, 6.07) is 10.2. The lowest BCUT2D eigenvalue weighted by Gasteiger charge is -2.36. The highest BCUT2D eigenvalue weighted by Gasteiger charge is 2.49. The molecule has 1 aromatic rings. The van der Waals surface area contributed by atoms with Crippen molar-refractivity contribution in [1.29, 1.82) is 0 Å². The first-order valence-corrected chi connectivity index (χ1v) is 10.6. The molecule has 1 amide bonds. The van der Waals surface area contributed by atoms with E-state index in [1.807, 2.05) is 18.2 Å². The van der Waals surface area contributed by atoms with Crippen LogP contribution >= 0.6 is 0 Å². The lowest BCUT2D eigenvalue weighted by molar-refractivity contribution is -0.125. The number of hydrogen-bond acceptors (Lipinski definition) is 4. The van der Waals surface area contributed by atoms with Gasteiger partial charge in [-0.2, -0.15) is 0 Å². The smallest absolute Gasteiger partial charge is 0.241 e. The zero-order valence-electron chi connectivity index (χ0n) is 14.1. The highest BCUT2D eigenvalue weighted by atomic mass is 32.2. The number of hydrogen-bond donors (Lipinski definition) is 2. The van der Waals surface area contributed by atoms with Crippen molar-refractivity contribution >= 4 is 15.7 Å². The SMILES string of the molecule is CS(=O)(=O)C1(C(=O)NC2CCCC2c2ccccc2)CCNCC1. The summed E-state index contributed by atoms with van der Waals surface area (Å²) >= 11 is 0. The summed E-state index contributed by atoms with van der Waals surface area (Å²) in [6.07, 6.45) is 4.88. The van der Waals surface area contributed by atoms with Crippen LogP contribution in [0.4, 0.5) is 0 Å². The van der Waals surface area contributed by atoms with E-state index < -0.39 is 14.6 Å². The summed E-state index contributed by atoms with van der Waals surface area (Å²) in [6.45, 7) is 1.13. The Kier molecular flexibility index (Phi) is 4.97. The number of nitrogens with one attached hydrogen (secondary N) is 2. The maximum absolute atomic E-state index is 13.0. The fourth-order valence-electron chi connectivity index (χ4n) is 4.13. The van der Waals surface area contributed by atoms with E-state index in [9.17, 15) is 13.2 Å². The van der Waals surface area contributed by atoms with Crippen LogP contribution < -0.4 is 10.6 Å². The molecule has 2 unspecified atom stereocenters. The van der Waals surface area contributed by atoms with E-state index in [1.54, 1.807) is 0 Å². The number of rotatable bonds is 4. The number of carbonyl (C=O) groups is 1. The van der Waals surface area contributed by atoms with Crippen LogP contribution in [0, 0.1) is 0 Å². The molecule has 1 aliphatic heterocycles. The standard InChI is InChI=1S/C18H26N2O3S/c1-24(22,23)18(10-12-19-13-11-18)17(21)20-16-9-5-8-15(16)14-6-3-2-4-7-14/h2-4,6-7,15-16,19H,5,8-13H2,1H3,(H,20,21). The summed E-state index contributed by atoms with van der Waals surface area (Å²) in [4.78, 5) is 13.0. The summed E-state index contributed by atoms with van der Waals surface area (Å²) < 4.78 is 23.5. The second-order valence-electron chi connectivity index (χ2n) is 7.04. The molecule has 1 aliphatic carbocycles. The molecule has 2 fully saturated rings. The molecule has 0 spiro atoms. The van der Waals surface area contributed by atoms with E-state index in [1.165, 1.54) is 11.8 Å². The molecule has 24 heavy (non-hydrogen) atoms. The number of benzene rings is 1. The molecular weight excluding hydrogens is 324 g/mol. The third-order valence-electron chi connectivity index (χ3n) is 5.59. The van der Waals surface area contributed by atoms with Crippen molar-refractivity contribution in [3.63, 3.8) is 0 Å². The lowest BCUT2D eigenvalue weighted by atomic mass is 9.91. The summed E-state index contributed by atoms with van der Waals surface area (Å²) in [5.74, 6) is -0.0344. The number of piperidine rings is 1. The van der Waals surface area contributed by atoms with Gasteiger partial charge >= 0.3 is 0 Å². The molecule has 1 saturated heterocycles. The molecule has 1 saturated carbocycles. The fourth-order valence-corrected chi connectivity index (χ4v) is 5.47. The topological polar surface area (TPSA) is 75.3 Å². The Bertz CT molecular complexity index is 681. The van der Waals surface area contributed by atoms with Crippen LogP contribution in [0.15, 0.2) is 30.3 Å². The maximum Gasteiger partial charge on any atom is 0.241 e. The van der Waals surface area contributed by atoms with E-state index in [4.69, 9.17) is 0 Å². The van der Waals surface area contributed by atoms with Gasteiger partial charge < -0.3 is 10.6 Å². The molecule has 132 valence electrons. The maximum atomic E-state index is 13.0. The molecule has 3 rings (SSSR count). The van der Waals surface area contributed by atoms with Crippen LogP contribution in [0.1, 0.15) is 43.6 Å². The van der Waals surface area contributed by atoms with Gasteiger partial charge in [-0.15, -0.1) is 0 Å². The Morgan fingerprint density at radius 2 is 1.83 bits per heavy atom. The third-order valence-corrected chi connectivity index (χ3v) is 7.61. The van der Waals surface area contributed by atoms with Gasteiger partial charge in [-0.3, -0.25) is 4.79 Å². The van der Waals surface area contributed by atoms with Crippen LogP contribution in [0.25, 0.3) is 0 Å². The van der Waals surface area contributed by atoms with Gasteiger partial charge in [0.15, 0.2) is 14.6 Å².